The van der Waals surface area contributed by atoms with E-state index in [1.807, 2.05) is 31.2 Å². The van der Waals surface area contributed by atoms with Gasteiger partial charge in [0, 0.05) is 5.57 Å². The average molecular weight is 245 g/mol. The topological polar surface area (TPSA) is 55.4 Å². The summed E-state index contributed by atoms with van der Waals surface area (Å²) in [4.78, 5) is 22.7. The first-order valence-corrected chi connectivity index (χ1v) is 5.76. The Morgan fingerprint density at radius 2 is 2.06 bits per heavy atom. The number of imide groups is 1. The largest absolute Gasteiger partial charge is 0.496 e. The molecule has 94 valence electrons. The van der Waals surface area contributed by atoms with Gasteiger partial charge in [-0.1, -0.05) is 23.8 Å². The minimum atomic E-state index is -0.271. The number of hydrogen-bond donors (Lipinski definition) is 1. The van der Waals surface area contributed by atoms with E-state index in [0.717, 1.165) is 16.9 Å². The SMILES string of the molecule is COc1ccccc1CC(C)=C1CC(=O)NC1=O. The fourth-order valence-electron chi connectivity index (χ4n) is 2.07. The Morgan fingerprint density at radius 3 is 2.67 bits per heavy atom. The zero-order chi connectivity index (χ0) is 13.1. The van der Waals surface area contributed by atoms with E-state index in [4.69, 9.17) is 4.74 Å². The van der Waals surface area contributed by atoms with Gasteiger partial charge in [0.05, 0.1) is 13.5 Å². The summed E-state index contributed by atoms with van der Waals surface area (Å²) >= 11 is 0. The van der Waals surface area contributed by atoms with Crippen molar-refractivity contribution in [2.24, 2.45) is 0 Å². The second-order valence-electron chi connectivity index (χ2n) is 4.30. The van der Waals surface area contributed by atoms with Gasteiger partial charge in [0.15, 0.2) is 0 Å². The Kier molecular flexibility index (Phi) is 3.46. The van der Waals surface area contributed by atoms with Gasteiger partial charge in [-0.3, -0.25) is 14.9 Å². The lowest BCUT2D eigenvalue weighted by Crippen LogP contribution is -2.19. The quantitative estimate of drug-likeness (QED) is 0.650. The third-order valence-corrected chi connectivity index (χ3v) is 3.03. The highest BCUT2D eigenvalue weighted by Gasteiger charge is 2.25. The minimum absolute atomic E-state index is 0.180. The molecule has 2 rings (SSSR count). The monoisotopic (exact) mass is 245 g/mol. The van der Waals surface area contributed by atoms with Gasteiger partial charge in [0.25, 0.3) is 5.91 Å². The van der Waals surface area contributed by atoms with Gasteiger partial charge < -0.3 is 4.74 Å². The highest BCUT2D eigenvalue weighted by Crippen LogP contribution is 2.24. The molecule has 1 N–H and O–H groups in total. The molecule has 1 fully saturated rings. The molecule has 4 heteroatoms. The van der Waals surface area contributed by atoms with Crippen molar-refractivity contribution < 1.29 is 14.3 Å². The Morgan fingerprint density at radius 1 is 1.33 bits per heavy atom. The van der Waals surface area contributed by atoms with E-state index in [1.165, 1.54) is 0 Å². The third-order valence-electron chi connectivity index (χ3n) is 3.03. The van der Waals surface area contributed by atoms with Crippen LogP contribution in [0.2, 0.25) is 0 Å². The summed E-state index contributed by atoms with van der Waals surface area (Å²) in [7, 11) is 1.62. The molecule has 0 saturated carbocycles. The molecule has 1 aromatic rings. The van der Waals surface area contributed by atoms with Crippen LogP contribution in [0.4, 0.5) is 0 Å². The molecule has 1 heterocycles. The standard InChI is InChI=1S/C14H15NO3/c1-9(11-8-13(16)15-14(11)17)7-10-5-3-4-6-12(10)18-2/h3-6H,7-8H2,1-2H3,(H,15,16,17). The maximum absolute atomic E-state index is 11.5. The summed E-state index contributed by atoms with van der Waals surface area (Å²) in [6.45, 7) is 1.87. The van der Waals surface area contributed by atoms with E-state index >= 15 is 0 Å². The van der Waals surface area contributed by atoms with Crippen molar-refractivity contribution in [2.45, 2.75) is 19.8 Å². The summed E-state index contributed by atoms with van der Waals surface area (Å²) < 4.78 is 5.27. The van der Waals surface area contributed by atoms with Gasteiger partial charge in [-0.05, 0) is 25.0 Å². The molecule has 0 atom stereocenters. The molecule has 18 heavy (non-hydrogen) atoms. The van der Waals surface area contributed by atoms with Gasteiger partial charge in [-0.15, -0.1) is 0 Å². The molecule has 0 unspecified atom stereocenters. The van der Waals surface area contributed by atoms with Crippen LogP contribution in [0.15, 0.2) is 35.4 Å². The van der Waals surface area contributed by atoms with Gasteiger partial charge in [-0.25, -0.2) is 0 Å². The van der Waals surface area contributed by atoms with Crippen molar-refractivity contribution in [3.63, 3.8) is 0 Å². The number of carbonyl (C=O) groups excluding carboxylic acids is 2. The van der Waals surface area contributed by atoms with Crippen molar-refractivity contribution in [3.8, 4) is 5.75 Å². The molecule has 0 bridgehead atoms. The van der Waals surface area contributed by atoms with Gasteiger partial charge in [-0.2, -0.15) is 0 Å². The summed E-state index contributed by atoms with van der Waals surface area (Å²) in [6.07, 6.45) is 0.792. The number of rotatable bonds is 3. The first-order chi connectivity index (χ1) is 8.61. The lowest BCUT2D eigenvalue weighted by molar-refractivity contribution is -0.124. The molecule has 1 saturated heterocycles. The molecule has 2 amide bonds. The number of benzene rings is 1. The lowest BCUT2D eigenvalue weighted by Gasteiger charge is -2.09. The van der Waals surface area contributed by atoms with E-state index in [1.54, 1.807) is 7.11 Å². The fraction of sp³-hybridized carbons (Fsp3) is 0.286. The van der Waals surface area contributed by atoms with Crippen molar-refractivity contribution >= 4 is 11.8 Å². The van der Waals surface area contributed by atoms with Crippen LogP contribution in [0.25, 0.3) is 0 Å². The molecular formula is C14H15NO3. The molecule has 0 spiro atoms. The van der Waals surface area contributed by atoms with Crippen LogP contribution in [0.1, 0.15) is 18.9 Å². The van der Waals surface area contributed by atoms with Crippen LogP contribution >= 0.6 is 0 Å². The number of amides is 2. The number of carbonyl (C=O) groups is 2. The number of ether oxygens (including phenoxy) is 1. The zero-order valence-electron chi connectivity index (χ0n) is 10.4. The minimum Gasteiger partial charge on any atom is -0.496 e. The molecule has 1 aliphatic rings. The molecule has 4 nitrogen and oxygen atoms in total. The Balaban J connectivity index is 2.26. The van der Waals surface area contributed by atoms with Crippen LogP contribution in [-0.2, 0) is 16.0 Å². The van der Waals surface area contributed by atoms with Crippen molar-refractivity contribution in [1.82, 2.24) is 5.32 Å². The summed E-state index contributed by atoms with van der Waals surface area (Å²) in [5, 5.41) is 2.30. The highest BCUT2D eigenvalue weighted by molar-refractivity contribution is 6.13. The van der Waals surface area contributed by atoms with Crippen LogP contribution in [-0.4, -0.2) is 18.9 Å². The number of para-hydroxylation sites is 1. The second kappa shape index (κ2) is 5.04. The second-order valence-corrected chi connectivity index (χ2v) is 4.30. The van der Waals surface area contributed by atoms with Gasteiger partial charge in [0.1, 0.15) is 5.75 Å². The zero-order valence-corrected chi connectivity index (χ0v) is 10.4. The maximum atomic E-state index is 11.5. The predicted molar refractivity (Wildman–Crippen MR) is 67.2 cm³/mol. The van der Waals surface area contributed by atoms with Crippen molar-refractivity contribution in [2.75, 3.05) is 7.11 Å². The Hall–Kier alpha value is -2.10. The van der Waals surface area contributed by atoms with E-state index in [-0.39, 0.29) is 18.2 Å². The number of allylic oxidation sites excluding steroid dienone is 1. The predicted octanol–water partition coefficient (Wildman–Crippen LogP) is 1.60. The van der Waals surface area contributed by atoms with Crippen LogP contribution in [0.3, 0.4) is 0 Å². The van der Waals surface area contributed by atoms with Crippen LogP contribution < -0.4 is 10.1 Å². The lowest BCUT2D eigenvalue weighted by atomic mass is 10.00. The molecule has 1 aliphatic heterocycles. The first-order valence-electron chi connectivity index (χ1n) is 5.76. The highest BCUT2D eigenvalue weighted by atomic mass is 16.5. The fourth-order valence-corrected chi connectivity index (χ4v) is 2.07. The summed E-state index contributed by atoms with van der Waals surface area (Å²) in [5.74, 6) is 0.295. The van der Waals surface area contributed by atoms with Gasteiger partial charge in [0.2, 0.25) is 5.91 Å². The first kappa shape index (κ1) is 12.4. The van der Waals surface area contributed by atoms with Crippen molar-refractivity contribution in [1.29, 1.82) is 0 Å². The molecule has 0 radical (unpaired) electrons. The molecule has 0 aliphatic carbocycles. The number of nitrogens with one attached hydrogen (secondary N) is 1. The van der Waals surface area contributed by atoms with Gasteiger partial charge >= 0.3 is 0 Å². The normalized spacial score (nSPS) is 17.7. The van der Waals surface area contributed by atoms with E-state index in [9.17, 15) is 9.59 Å². The Bertz CT molecular complexity index is 532. The summed E-state index contributed by atoms with van der Waals surface area (Å²) in [6, 6.07) is 7.66. The molecular weight excluding hydrogens is 230 g/mol. The third kappa shape index (κ3) is 2.42. The smallest absolute Gasteiger partial charge is 0.254 e. The van der Waals surface area contributed by atoms with Crippen molar-refractivity contribution in [3.05, 3.63) is 41.0 Å². The molecule has 1 aromatic carbocycles. The maximum Gasteiger partial charge on any atom is 0.254 e. The van der Waals surface area contributed by atoms with Crippen LogP contribution in [0, 0.1) is 0 Å². The summed E-state index contributed by atoms with van der Waals surface area (Å²) in [5.41, 5.74) is 2.49. The molecule has 0 aromatic heterocycles. The number of methoxy groups -OCH3 is 1. The number of hydrogen-bond acceptors (Lipinski definition) is 3. The van der Waals surface area contributed by atoms with Crippen LogP contribution in [0.5, 0.6) is 5.75 Å². The Labute approximate surface area is 106 Å². The van der Waals surface area contributed by atoms with E-state index in [2.05, 4.69) is 5.32 Å². The van der Waals surface area contributed by atoms with E-state index < -0.39 is 0 Å². The average Bonchev–Trinajstić information content (AvgIpc) is 2.69. The van der Waals surface area contributed by atoms with E-state index in [0.29, 0.717) is 12.0 Å².